The molecule has 1 aliphatic rings. The van der Waals surface area contributed by atoms with Crippen molar-refractivity contribution in [1.82, 2.24) is 0 Å². The van der Waals surface area contributed by atoms with Gasteiger partial charge in [-0.1, -0.05) is 23.3 Å². The average Bonchev–Trinajstić information content (AvgIpc) is 3.38. The summed E-state index contributed by atoms with van der Waals surface area (Å²) in [6, 6.07) is 0. The highest BCUT2D eigenvalue weighted by atomic mass is 16.5. The summed E-state index contributed by atoms with van der Waals surface area (Å²) in [6.07, 6.45) is 20.3. The lowest BCUT2D eigenvalue weighted by atomic mass is 9.83. The Labute approximate surface area is 325 Å². The Bertz CT molecular complexity index is 1080. The van der Waals surface area contributed by atoms with Gasteiger partial charge in [0.25, 0.3) is 0 Å². The van der Waals surface area contributed by atoms with Crippen molar-refractivity contribution < 1.29 is 40.5 Å². The molecule has 7 N–H and O–H groups in total. The van der Waals surface area contributed by atoms with E-state index >= 15 is 0 Å². The molecule has 0 spiro atoms. The van der Waals surface area contributed by atoms with Crippen LogP contribution in [0.15, 0.2) is 23.3 Å². The van der Waals surface area contributed by atoms with Gasteiger partial charge in [0, 0.05) is 0 Å². The van der Waals surface area contributed by atoms with E-state index in [1.54, 1.807) is 13.8 Å². The van der Waals surface area contributed by atoms with Gasteiger partial charge in [0.2, 0.25) is 0 Å². The third-order valence-electron chi connectivity index (χ3n) is 12.1. The number of allylic oxidation sites excluding steroid dienone is 3. The van der Waals surface area contributed by atoms with Gasteiger partial charge < -0.3 is 40.5 Å². The van der Waals surface area contributed by atoms with Crippen molar-refractivity contribution in [3.8, 4) is 0 Å². The van der Waals surface area contributed by atoms with Gasteiger partial charge in [0.05, 0.1) is 51.9 Å². The summed E-state index contributed by atoms with van der Waals surface area (Å²) in [7, 11) is 0. The lowest BCUT2D eigenvalue weighted by Crippen LogP contribution is -2.38. The molecule has 1 fully saturated rings. The lowest BCUT2D eigenvalue weighted by Gasteiger charge is -2.32. The first-order chi connectivity index (χ1) is 24.2. The van der Waals surface area contributed by atoms with Gasteiger partial charge in [0.1, 0.15) is 0 Å². The SMILES string of the molecule is C/C(=C\CO)CC/C=C(\C)CCCC(C)(O)CCCC(C)(O)CCCC(C)(O)CCCC(C)(O)CCCC(C)(O)CCCC1(C)CCC(C(C)(C)O)O1. The van der Waals surface area contributed by atoms with Crippen LogP contribution in [0.5, 0.6) is 0 Å². The number of hydrogen-bond acceptors (Lipinski definition) is 8. The van der Waals surface area contributed by atoms with E-state index in [-0.39, 0.29) is 18.3 Å². The van der Waals surface area contributed by atoms with Gasteiger partial charge in [-0.25, -0.2) is 0 Å². The molecule has 0 saturated carbocycles. The largest absolute Gasteiger partial charge is 0.392 e. The van der Waals surface area contributed by atoms with Crippen molar-refractivity contribution in [3.05, 3.63) is 23.3 Å². The van der Waals surface area contributed by atoms with Crippen LogP contribution >= 0.6 is 0 Å². The molecule has 1 saturated heterocycles. The minimum Gasteiger partial charge on any atom is -0.392 e. The van der Waals surface area contributed by atoms with Gasteiger partial charge in [-0.05, 0) is 210 Å². The normalized spacial score (nSPS) is 24.7. The predicted molar refractivity (Wildman–Crippen MR) is 219 cm³/mol. The highest BCUT2D eigenvalue weighted by Gasteiger charge is 2.42. The molecule has 7 unspecified atom stereocenters. The van der Waals surface area contributed by atoms with Crippen LogP contribution in [0.25, 0.3) is 0 Å². The van der Waals surface area contributed by atoms with Crippen LogP contribution in [-0.4, -0.2) is 87.7 Å². The maximum Gasteiger partial charge on any atom is 0.0864 e. The number of aliphatic hydroxyl groups is 7. The fraction of sp³-hybridized carbons (Fsp3) is 0.911. The Balaban J connectivity index is 2.28. The summed E-state index contributed by atoms with van der Waals surface area (Å²) < 4.78 is 6.20. The van der Waals surface area contributed by atoms with E-state index in [2.05, 4.69) is 19.9 Å². The zero-order valence-corrected chi connectivity index (χ0v) is 36.0. The molecule has 1 rings (SSSR count). The van der Waals surface area contributed by atoms with E-state index in [0.29, 0.717) is 70.6 Å². The Morgan fingerprint density at radius 2 is 0.925 bits per heavy atom. The summed E-state index contributed by atoms with van der Waals surface area (Å²) >= 11 is 0. The molecule has 7 atom stereocenters. The second-order valence-electron chi connectivity index (χ2n) is 19.7. The molecular formula is C45H86O8. The summed E-state index contributed by atoms with van der Waals surface area (Å²) in [5, 5.41) is 74.4. The molecule has 8 nitrogen and oxygen atoms in total. The van der Waals surface area contributed by atoms with E-state index in [4.69, 9.17) is 9.84 Å². The summed E-state index contributed by atoms with van der Waals surface area (Å²) in [5.74, 6) is 0. The molecule has 0 aliphatic carbocycles. The van der Waals surface area contributed by atoms with Crippen LogP contribution in [0.1, 0.15) is 210 Å². The van der Waals surface area contributed by atoms with Crippen molar-refractivity contribution in [2.24, 2.45) is 0 Å². The maximum absolute atomic E-state index is 11.1. The zero-order valence-electron chi connectivity index (χ0n) is 36.0. The molecule has 8 heteroatoms. The van der Waals surface area contributed by atoms with Crippen LogP contribution in [-0.2, 0) is 4.74 Å². The molecule has 314 valence electrons. The highest BCUT2D eigenvalue weighted by molar-refractivity contribution is 5.03. The number of hydrogen-bond donors (Lipinski definition) is 7. The van der Waals surface area contributed by atoms with Crippen molar-refractivity contribution in [2.75, 3.05) is 6.61 Å². The average molecular weight is 755 g/mol. The fourth-order valence-corrected chi connectivity index (χ4v) is 8.10. The number of aliphatic hydroxyl groups excluding tert-OH is 1. The Hall–Kier alpha value is -0.840. The minimum absolute atomic E-state index is 0.0917. The highest BCUT2D eigenvalue weighted by Crippen LogP contribution is 2.39. The van der Waals surface area contributed by atoms with Gasteiger partial charge in [-0.2, -0.15) is 0 Å². The topological polar surface area (TPSA) is 151 Å². The van der Waals surface area contributed by atoms with Crippen LogP contribution in [0.3, 0.4) is 0 Å². The summed E-state index contributed by atoms with van der Waals surface area (Å²) in [4.78, 5) is 0. The van der Waals surface area contributed by atoms with Crippen LogP contribution in [0.2, 0.25) is 0 Å². The number of ether oxygens (including phenoxy) is 1. The second kappa shape index (κ2) is 22.2. The molecule has 0 aromatic rings. The first-order valence-corrected chi connectivity index (χ1v) is 21.1. The second-order valence-corrected chi connectivity index (χ2v) is 19.7. The molecular weight excluding hydrogens is 668 g/mol. The van der Waals surface area contributed by atoms with Crippen molar-refractivity contribution >= 4 is 0 Å². The Morgan fingerprint density at radius 1 is 0.566 bits per heavy atom. The van der Waals surface area contributed by atoms with E-state index < -0.39 is 33.6 Å². The fourth-order valence-electron chi connectivity index (χ4n) is 8.10. The monoisotopic (exact) mass is 755 g/mol. The summed E-state index contributed by atoms with van der Waals surface area (Å²) in [5.41, 5.74) is -2.71. The standard InChI is InChI=1S/C45H86O8/c1-36(18-11-19-37(2)22-35-46)20-12-23-40(5,48)24-13-25-41(6,49)26-14-27-42(7,50)28-15-29-43(8,51)30-16-31-44(9,52)32-17-33-45(10)34-21-38(53-45)39(3,4)47/h18,22,38,46-52H,11-17,19-21,23-35H2,1-10H3/b36-18+,37-22+. The van der Waals surface area contributed by atoms with Crippen molar-refractivity contribution in [3.63, 3.8) is 0 Å². The molecule has 1 heterocycles. The molecule has 53 heavy (non-hydrogen) atoms. The maximum atomic E-state index is 11.1. The third kappa shape index (κ3) is 23.7. The summed E-state index contributed by atoms with van der Waals surface area (Å²) in [6.45, 7) is 19.3. The van der Waals surface area contributed by atoms with Gasteiger partial charge >= 0.3 is 0 Å². The zero-order chi connectivity index (χ0) is 40.6. The van der Waals surface area contributed by atoms with E-state index in [1.807, 2.05) is 47.6 Å². The Morgan fingerprint density at radius 3 is 1.28 bits per heavy atom. The lowest BCUT2D eigenvalue weighted by molar-refractivity contribution is -0.119. The van der Waals surface area contributed by atoms with Gasteiger partial charge in [0.15, 0.2) is 0 Å². The first-order valence-electron chi connectivity index (χ1n) is 21.1. The van der Waals surface area contributed by atoms with Gasteiger partial charge in [-0.3, -0.25) is 0 Å². The molecule has 1 aliphatic heterocycles. The molecule has 0 amide bonds. The third-order valence-corrected chi connectivity index (χ3v) is 12.1. The quantitative estimate of drug-likeness (QED) is 0.0374. The van der Waals surface area contributed by atoms with Crippen molar-refractivity contribution in [1.29, 1.82) is 0 Å². The van der Waals surface area contributed by atoms with Crippen LogP contribution in [0.4, 0.5) is 0 Å². The van der Waals surface area contributed by atoms with E-state index in [1.165, 1.54) is 11.1 Å². The van der Waals surface area contributed by atoms with Crippen LogP contribution < -0.4 is 0 Å². The molecule has 0 aromatic carbocycles. The van der Waals surface area contributed by atoms with Gasteiger partial charge in [-0.15, -0.1) is 0 Å². The smallest absolute Gasteiger partial charge is 0.0864 e. The van der Waals surface area contributed by atoms with Crippen molar-refractivity contribution in [2.45, 2.75) is 256 Å². The molecule has 0 aromatic heterocycles. The number of rotatable bonds is 29. The predicted octanol–water partition coefficient (Wildman–Crippen LogP) is 9.14. The van der Waals surface area contributed by atoms with E-state index in [9.17, 15) is 30.6 Å². The van der Waals surface area contributed by atoms with Crippen LogP contribution in [0, 0.1) is 0 Å². The Kier molecular flexibility index (Phi) is 21.0. The van der Waals surface area contributed by atoms with E-state index in [0.717, 1.165) is 70.6 Å². The molecule has 0 bridgehead atoms. The molecule has 0 radical (unpaired) electrons. The first kappa shape index (κ1) is 50.2. The minimum atomic E-state index is -0.867.